The second-order valence-electron chi connectivity index (χ2n) is 5.62. The number of hydrogen-bond acceptors (Lipinski definition) is 5. The molecule has 0 aliphatic heterocycles. The molecule has 0 heterocycles. The smallest absolute Gasteiger partial charge is 0.323 e. The van der Waals surface area contributed by atoms with Crippen molar-refractivity contribution in [2.24, 2.45) is 0 Å². The van der Waals surface area contributed by atoms with Crippen LogP contribution in [-0.2, 0) is 18.2 Å². The second-order valence-corrected chi connectivity index (χ2v) is 11.2. The van der Waals surface area contributed by atoms with Crippen molar-refractivity contribution < 1.29 is 18.2 Å². The lowest BCUT2D eigenvalue weighted by Crippen LogP contribution is -2.24. The van der Waals surface area contributed by atoms with E-state index in [1.165, 1.54) is 0 Å². The van der Waals surface area contributed by atoms with Gasteiger partial charge in [0.15, 0.2) is 0 Å². The summed E-state index contributed by atoms with van der Waals surface area (Å²) in [6.07, 6.45) is 0.273. The van der Waals surface area contributed by atoms with Crippen LogP contribution in [0.3, 0.4) is 0 Å². The van der Waals surface area contributed by atoms with Gasteiger partial charge in [0.1, 0.15) is 5.78 Å². The van der Waals surface area contributed by atoms with Gasteiger partial charge in [-0.25, -0.2) is 0 Å². The normalized spacial score (nSPS) is 14.0. The first kappa shape index (κ1) is 19.6. The summed E-state index contributed by atoms with van der Waals surface area (Å²) < 4.78 is 36.1. The Morgan fingerprint density at radius 3 is 1.95 bits per heavy atom. The molecule has 0 aliphatic carbocycles. The van der Waals surface area contributed by atoms with Crippen LogP contribution in [0.5, 0.6) is 0 Å². The van der Waals surface area contributed by atoms with Crippen LogP contribution < -0.4 is 5.32 Å². The first-order valence-electron chi connectivity index (χ1n) is 7.44. The Hall–Kier alpha value is -0.440. The largest absolute Gasteiger partial charge is 0.351 e. The average molecular weight is 347 g/mol. The van der Waals surface area contributed by atoms with E-state index in [0.29, 0.717) is 0 Å². The Morgan fingerprint density at radius 1 is 1.05 bits per heavy atom. The molecule has 7 heteroatoms. The summed E-state index contributed by atoms with van der Waals surface area (Å²) in [4.78, 5) is 0. The third kappa shape index (κ3) is 5.98. The van der Waals surface area contributed by atoms with E-state index in [-0.39, 0.29) is 19.5 Å². The van der Waals surface area contributed by atoms with Gasteiger partial charge in [-0.2, -0.15) is 0 Å². The summed E-state index contributed by atoms with van der Waals surface area (Å²) in [5.41, 5.74) is 1.92. The number of rotatable bonds is 9. The van der Waals surface area contributed by atoms with Crippen molar-refractivity contribution in [1.29, 1.82) is 0 Å². The fourth-order valence-electron chi connectivity index (χ4n) is 2.01. The maximum atomic E-state index is 13.1. The lowest BCUT2D eigenvalue weighted by molar-refractivity contribution is 0.208. The average Bonchev–Trinajstić information content (AvgIpc) is 2.40. The molecular weight excluding hydrogens is 320 g/mol. The Bertz CT molecular complexity index is 543. The van der Waals surface area contributed by atoms with Crippen LogP contribution >= 0.6 is 14.7 Å². The highest BCUT2D eigenvalue weighted by atomic mass is 31.2. The number of nitrogens with one attached hydrogen (secondary N) is 1. The molecule has 22 heavy (non-hydrogen) atoms. The fraction of sp³-hybridized carbons (Fsp3) is 0.600. The highest BCUT2D eigenvalue weighted by Gasteiger charge is 2.37. The van der Waals surface area contributed by atoms with Crippen molar-refractivity contribution in [1.82, 2.24) is 5.32 Å². The summed E-state index contributed by atoms with van der Waals surface area (Å²) in [6, 6.07) is 7.69. The van der Waals surface area contributed by atoms with Crippen LogP contribution in [0.4, 0.5) is 0 Å². The van der Waals surface area contributed by atoms with Gasteiger partial charge in [0, 0.05) is 6.29 Å². The fourth-order valence-corrected chi connectivity index (χ4v) is 4.72. The minimum absolute atomic E-state index is 0.273. The monoisotopic (exact) mass is 347 g/mol. The summed E-state index contributed by atoms with van der Waals surface area (Å²) in [5.74, 6) is -0.624. The van der Waals surface area contributed by atoms with E-state index in [1.54, 1.807) is 27.2 Å². The number of benzene rings is 1. The maximum absolute atomic E-state index is 13.1. The van der Waals surface area contributed by atoms with Gasteiger partial charge in [-0.1, -0.05) is 29.8 Å². The highest BCUT2D eigenvalue weighted by Crippen LogP contribution is 2.60. The molecule has 1 aromatic rings. The molecule has 126 valence electrons. The molecule has 1 unspecified atom stereocenters. The van der Waals surface area contributed by atoms with Gasteiger partial charge in [-0.05, 0) is 39.7 Å². The minimum atomic E-state index is -3.38. The zero-order valence-electron chi connectivity index (χ0n) is 14.0. The van der Waals surface area contributed by atoms with E-state index in [9.17, 15) is 9.13 Å². The summed E-state index contributed by atoms with van der Waals surface area (Å²) in [7, 11) is -5.69. The SMILES string of the molecule is CCOP(=O)(OCC)C(NCP(C)(C)=O)c1ccc(C)cc1. The molecule has 0 aliphatic rings. The number of aryl methyl sites for hydroxylation is 1. The van der Waals surface area contributed by atoms with Gasteiger partial charge in [0.25, 0.3) is 0 Å². The summed E-state index contributed by atoms with van der Waals surface area (Å²) in [5, 5.41) is 3.13. The Morgan fingerprint density at radius 2 is 1.55 bits per heavy atom. The molecule has 0 amide bonds. The summed E-state index contributed by atoms with van der Waals surface area (Å²) >= 11 is 0. The second kappa shape index (κ2) is 8.42. The topological polar surface area (TPSA) is 64.6 Å². The minimum Gasteiger partial charge on any atom is -0.323 e. The molecule has 0 saturated carbocycles. The van der Waals surface area contributed by atoms with Crippen LogP contribution in [0.1, 0.15) is 30.8 Å². The predicted molar refractivity (Wildman–Crippen MR) is 92.2 cm³/mol. The third-order valence-electron chi connectivity index (χ3n) is 2.99. The van der Waals surface area contributed by atoms with E-state index in [2.05, 4.69) is 5.32 Å². The maximum Gasteiger partial charge on any atom is 0.351 e. The van der Waals surface area contributed by atoms with Crippen molar-refractivity contribution in [3.05, 3.63) is 35.4 Å². The lowest BCUT2D eigenvalue weighted by Gasteiger charge is -2.28. The van der Waals surface area contributed by atoms with Gasteiger partial charge >= 0.3 is 7.60 Å². The third-order valence-corrected chi connectivity index (χ3v) is 6.29. The van der Waals surface area contributed by atoms with Crippen molar-refractivity contribution in [3.63, 3.8) is 0 Å². The Kier molecular flexibility index (Phi) is 7.51. The van der Waals surface area contributed by atoms with Gasteiger partial charge < -0.3 is 13.6 Å². The molecule has 0 radical (unpaired) electrons. The zero-order valence-corrected chi connectivity index (χ0v) is 15.8. The van der Waals surface area contributed by atoms with E-state index in [0.717, 1.165) is 11.1 Å². The van der Waals surface area contributed by atoms with Crippen molar-refractivity contribution in [2.75, 3.05) is 32.8 Å². The Balaban J connectivity index is 3.16. The molecule has 0 aromatic heterocycles. The van der Waals surface area contributed by atoms with Gasteiger partial charge in [0.05, 0.1) is 20.4 Å². The van der Waals surface area contributed by atoms with E-state index in [1.807, 2.05) is 31.2 Å². The molecule has 5 nitrogen and oxygen atoms in total. The molecule has 1 rings (SSSR count). The number of hydrogen-bond donors (Lipinski definition) is 1. The standard InChI is InChI=1S/C15H27NO4P2/c1-6-19-22(18,20-7-2)15(16-12-21(4,5)17)14-10-8-13(3)9-11-14/h8-11,15-16H,6-7,12H2,1-5H3. The van der Waals surface area contributed by atoms with Crippen molar-refractivity contribution >= 4 is 14.7 Å². The van der Waals surface area contributed by atoms with Crippen LogP contribution in [-0.4, -0.2) is 32.8 Å². The lowest BCUT2D eigenvalue weighted by atomic mass is 10.1. The van der Waals surface area contributed by atoms with Crippen LogP contribution in [0.15, 0.2) is 24.3 Å². The molecule has 1 aromatic carbocycles. The predicted octanol–water partition coefficient (Wildman–Crippen LogP) is 4.43. The van der Waals surface area contributed by atoms with Crippen molar-refractivity contribution in [2.45, 2.75) is 26.6 Å². The van der Waals surface area contributed by atoms with E-state index in [4.69, 9.17) is 9.05 Å². The molecule has 1 N–H and O–H groups in total. The van der Waals surface area contributed by atoms with Crippen LogP contribution in [0, 0.1) is 6.92 Å². The van der Waals surface area contributed by atoms with E-state index < -0.39 is 20.5 Å². The van der Waals surface area contributed by atoms with E-state index >= 15 is 0 Å². The molecule has 1 atom stereocenters. The van der Waals surface area contributed by atoms with Crippen LogP contribution in [0.25, 0.3) is 0 Å². The molecule has 0 saturated heterocycles. The van der Waals surface area contributed by atoms with Gasteiger partial charge in [0.2, 0.25) is 0 Å². The molecule has 0 bridgehead atoms. The van der Waals surface area contributed by atoms with Gasteiger partial charge in [-0.15, -0.1) is 0 Å². The summed E-state index contributed by atoms with van der Waals surface area (Å²) in [6.45, 7) is 9.51. The molecular formula is C15H27NO4P2. The first-order valence-corrected chi connectivity index (χ1v) is 11.8. The Labute approximate surface area is 133 Å². The van der Waals surface area contributed by atoms with Gasteiger partial charge in [-0.3, -0.25) is 9.88 Å². The highest BCUT2D eigenvalue weighted by molar-refractivity contribution is 7.62. The zero-order chi connectivity index (χ0) is 16.8. The quantitative estimate of drug-likeness (QED) is 0.670. The molecule has 0 fully saturated rings. The van der Waals surface area contributed by atoms with Crippen LogP contribution in [0.2, 0.25) is 0 Å². The van der Waals surface area contributed by atoms with Crippen molar-refractivity contribution in [3.8, 4) is 0 Å². The first-order chi connectivity index (χ1) is 10.2. The molecule has 0 spiro atoms.